The number of ether oxygens (including phenoxy) is 1. The zero-order valence-electron chi connectivity index (χ0n) is 16.2. The molecule has 1 amide bonds. The zero-order valence-corrected chi connectivity index (χ0v) is 17.0. The van der Waals surface area contributed by atoms with Crippen LogP contribution in [0.3, 0.4) is 0 Å². The average molecular weight is 391 g/mol. The SMILES string of the molecule is CCOc1ccc(C(=O)Nc2ccc(S(=O)(=O)N(CC)CC)cc2)cc1C. The highest BCUT2D eigenvalue weighted by molar-refractivity contribution is 7.89. The first-order chi connectivity index (χ1) is 12.8. The van der Waals surface area contributed by atoms with Crippen LogP contribution in [0.4, 0.5) is 5.69 Å². The van der Waals surface area contributed by atoms with E-state index in [9.17, 15) is 13.2 Å². The van der Waals surface area contributed by atoms with Gasteiger partial charge in [0.25, 0.3) is 5.91 Å². The highest BCUT2D eigenvalue weighted by Crippen LogP contribution is 2.21. The Labute approximate surface area is 161 Å². The summed E-state index contributed by atoms with van der Waals surface area (Å²) < 4.78 is 31.9. The van der Waals surface area contributed by atoms with Gasteiger partial charge < -0.3 is 10.1 Å². The maximum atomic E-state index is 12.5. The molecule has 0 radical (unpaired) electrons. The Bertz CT molecular complexity index is 889. The maximum Gasteiger partial charge on any atom is 0.255 e. The quantitative estimate of drug-likeness (QED) is 0.746. The van der Waals surface area contributed by atoms with Gasteiger partial charge in [0.15, 0.2) is 0 Å². The van der Waals surface area contributed by atoms with Gasteiger partial charge in [-0.1, -0.05) is 13.8 Å². The normalized spacial score (nSPS) is 11.4. The first kappa shape index (κ1) is 20.9. The van der Waals surface area contributed by atoms with Gasteiger partial charge in [-0.05, 0) is 61.9 Å². The highest BCUT2D eigenvalue weighted by Gasteiger charge is 2.21. The maximum absolute atomic E-state index is 12.5. The molecule has 2 aromatic carbocycles. The Morgan fingerprint density at radius 2 is 1.67 bits per heavy atom. The van der Waals surface area contributed by atoms with E-state index < -0.39 is 10.0 Å². The molecule has 0 unspecified atom stereocenters. The standard InChI is InChI=1S/C20H26N2O4S/c1-5-22(6-2)27(24,25)18-11-9-17(10-12-18)21-20(23)16-8-13-19(26-7-3)15(4)14-16/h8-14H,5-7H2,1-4H3,(H,21,23). The summed E-state index contributed by atoms with van der Waals surface area (Å²) in [6, 6.07) is 11.4. The second kappa shape index (κ2) is 9.01. The van der Waals surface area contributed by atoms with Crippen molar-refractivity contribution in [1.29, 1.82) is 0 Å². The minimum absolute atomic E-state index is 0.209. The molecule has 0 fully saturated rings. The molecular weight excluding hydrogens is 364 g/mol. The molecule has 6 nitrogen and oxygen atoms in total. The van der Waals surface area contributed by atoms with Crippen LogP contribution in [-0.4, -0.2) is 38.3 Å². The number of hydrogen-bond acceptors (Lipinski definition) is 4. The number of benzene rings is 2. The van der Waals surface area contributed by atoms with E-state index in [0.717, 1.165) is 11.3 Å². The summed E-state index contributed by atoms with van der Waals surface area (Å²) in [5.41, 5.74) is 1.92. The number of sulfonamides is 1. The van der Waals surface area contributed by atoms with Crippen molar-refractivity contribution in [2.45, 2.75) is 32.6 Å². The lowest BCUT2D eigenvalue weighted by atomic mass is 10.1. The monoisotopic (exact) mass is 390 g/mol. The van der Waals surface area contributed by atoms with E-state index in [2.05, 4.69) is 5.32 Å². The summed E-state index contributed by atoms with van der Waals surface area (Å²) in [6.45, 7) is 8.78. The van der Waals surface area contributed by atoms with Crippen LogP contribution in [0.5, 0.6) is 5.75 Å². The molecule has 0 bridgehead atoms. The zero-order chi connectivity index (χ0) is 20.0. The van der Waals surface area contributed by atoms with Gasteiger partial charge in [0, 0.05) is 24.3 Å². The molecule has 0 atom stereocenters. The first-order valence-corrected chi connectivity index (χ1v) is 10.4. The Balaban J connectivity index is 2.14. The summed E-state index contributed by atoms with van der Waals surface area (Å²) in [6.07, 6.45) is 0. The van der Waals surface area contributed by atoms with E-state index in [-0.39, 0.29) is 10.8 Å². The highest BCUT2D eigenvalue weighted by atomic mass is 32.2. The van der Waals surface area contributed by atoms with Crippen LogP contribution in [0.25, 0.3) is 0 Å². The third kappa shape index (κ3) is 4.87. The number of aryl methyl sites for hydroxylation is 1. The van der Waals surface area contributed by atoms with Gasteiger partial charge in [-0.15, -0.1) is 0 Å². The summed E-state index contributed by atoms with van der Waals surface area (Å²) in [7, 11) is -3.51. The fraction of sp³-hybridized carbons (Fsp3) is 0.350. The van der Waals surface area contributed by atoms with Crippen molar-refractivity contribution in [3.8, 4) is 5.75 Å². The molecule has 0 aliphatic rings. The van der Waals surface area contributed by atoms with Crippen molar-refractivity contribution in [2.24, 2.45) is 0 Å². The van der Waals surface area contributed by atoms with Crippen molar-refractivity contribution in [1.82, 2.24) is 4.31 Å². The Morgan fingerprint density at radius 3 is 2.19 bits per heavy atom. The lowest BCUT2D eigenvalue weighted by Gasteiger charge is -2.18. The van der Waals surface area contributed by atoms with Crippen LogP contribution in [0.2, 0.25) is 0 Å². The van der Waals surface area contributed by atoms with E-state index in [0.29, 0.717) is 30.9 Å². The second-order valence-electron chi connectivity index (χ2n) is 5.98. The molecule has 0 aliphatic heterocycles. The molecule has 0 aromatic heterocycles. The summed E-state index contributed by atoms with van der Waals surface area (Å²) in [5.74, 6) is 0.487. The molecule has 146 valence electrons. The Morgan fingerprint density at radius 1 is 1.04 bits per heavy atom. The van der Waals surface area contributed by atoms with Crippen molar-refractivity contribution < 1.29 is 17.9 Å². The van der Waals surface area contributed by atoms with Gasteiger partial charge in [0.1, 0.15) is 5.75 Å². The number of rotatable bonds is 8. The topological polar surface area (TPSA) is 75.7 Å². The molecule has 0 spiro atoms. The van der Waals surface area contributed by atoms with E-state index in [1.54, 1.807) is 44.2 Å². The van der Waals surface area contributed by atoms with Gasteiger partial charge in [0.2, 0.25) is 10.0 Å². The molecule has 0 heterocycles. The molecule has 2 rings (SSSR count). The Hall–Kier alpha value is -2.38. The molecule has 2 aromatic rings. The third-order valence-corrected chi connectivity index (χ3v) is 6.26. The van der Waals surface area contributed by atoms with E-state index in [1.807, 2.05) is 13.8 Å². The number of nitrogens with zero attached hydrogens (tertiary/aromatic N) is 1. The number of amides is 1. The van der Waals surface area contributed by atoms with Crippen LogP contribution < -0.4 is 10.1 Å². The second-order valence-corrected chi connectivity index (χ2v) is 7.92. The van der Waals surface area contributed by atoms with Crippen LogP contribution in [-0.2, 0) is 10.0 Å². The minimum Gasteiger partial charge on any atom is -0.494 e. The molecule has 0 saturated heterocycles. The largest absolute Gasteiger partial charge is 0.494 e. The number of carbonyl (C=O) groups excluding carboxylic acids is 1. The van der Waals surface area contributed by atoms with E-state index in [4.69, 9.17) is 4.74 Å². The average Bonchev–Trinajstić information content (AvgIpc) is 2.64. The lowest BCUT2D eigenvalue weighted by molar-refractivity contribution is 0.102. The van der Waals surface area contributed by atoms with Gasteiger partial charge in [-0.3, -0.25) is 4.79 Å². The van der Waals surface area contributed by atoms with Gasteiger partial charge in [-0.2, -0.15) is 4.31 Å². The summed E-state index contributed by atoms with van der Waals surface area (Å²) in [4.78, 5) is 12.6. The lowest BCUT2D eigenvalue weighted by Crippen LogP contribution is -2.30. The molecule has 7 heteroatoms. The smallest absolute Gasteiger partial charge is 0.255 e. The molecule has 27 heavy (non-hydrogen) atoms. The van der Waals surface area contributed by atoms with E-state index in [1.165, 1.54) is 16.4 Å². The van der Waals surface area contributed by atoms with Crippen molar-refractivity contribution >= 4 is 21.6 Å². The molecule has 0 saturated carbocycles. The van der Waals surface area contributed by atoms with Crippen molar-refractivity contribution in [3.05, 3.63) is 53.6 Å². The number of carbonyl (C=O) groups is 1. The van der Waals surface area contributed by atoms with Crippen molar-refractivity contribution in [3.63, 3.8) is 0 Å². The fourth-order valence-corrected chi connectivity index (χ4v) is 4.19. The Kier molecular flexibility index (Phi) is 6.98. The number of nitrogens with one attached hydrogen (secondary N) is 1. The van der Waals surface area contributed by atoms with Gasteiger partial charge in [0.05, 0.1) is 11.5 Å². The van der Waals surface area contributed by atoms with Crippen LogP contribution in [0.15, 0.2) is 47.4 Å². The third-order valence-electron chi connectivity index (χ3n) is 4.19. The molecule has 1 N–H and O–H groups in total. The predicted octanol–water partition coefficient (Wildman–Crippen LogP) is 3.68. The van der Waals surface area contributed by atoms with Crippen LogP contribution >= 0.6 is 0 Å². The van der Waals surface area contributed by atoms with Crippen LogP contribution in [0.1, 0.15) is 36.7 Å². The minimum atomic E-state index is -3.51. The predicted molar refractivity (Wildman–Crippen MR) is 107 cm³/mol. The summed E-state index contributed by atoms with van der Waals surface area (Å²) in [5, 5.41) is 2.78. The van der Waals surface area contributed by atoms with Crippen molar-refractivity contribution in [2.75, 3.05) is 25.0 Å². The first-order valence-electron chi connectivity index (χ1n) is 8.98. The van der Waals surface area contributed by atoms with Crippen LogP contribution in [0, 0.1) is 6.92 Å². The number of anilines is 1. The number of hydrogen-bond donors (Lipinski definition) is 1. The summed E-state index contributed by atoms with van der Waals surface area (Å²) >= 11 is 0. The van der Waals surface area contributed by atoms with Gasteiger partial charge in [-0.25, -0.2) is 8.42 Å². The fourth-order valence-electron chi connectivity index (χ4n) is 2.73. The van der Waals surface area contributed by atoms with E-state index >= 15 is 0 Å². The molecule has 0 aliphatic carbocycles. The molecular formula is C20H26N2O4S. The van der Waals surface area contributed by atoms with Gasteiger partial charge >= 0.3 is 0 Å².